The molecule has 1 heterocycles. The quantitative estimate of drug-likeness (QED) is 0.463. The van der Waals surface area contributed by atoms with Crippen molar-refractivity contribution >= 4 is 11.7 Å². The smallest absolute Gasteiger partial charge is 0.319 e. The van der Waals surface area contributed by atoms with Gasteiger partial charge in [-0.05, 0) is 53.9 Å². The molecule has 0 bridgehead atoms. The number of amides is 1. The van der Waals surface area contributed by atoms with Gasteiger partial charge in [-0.2, -0.15) is 13.2 Å². The molecule has 0 saturated heterocycles. The van der Waals surface area contributed by atoms with Gasteiger partial charge in [0.15, 0.2) is 0 Å². The molecule has 32 heavy (non-hydrogen) atoms. The highest BCUT2D eigenvalue weighted by atomic mass is 19.4. The summed E-state index contributed by atoms with van der Waals surface area (Å²) in [6.45, 7) is 13.6. The van der Waals surface area contributed by atoms with Gasteiger partial charge in [0.1, 0.15) is 5.78 Å². The van der Waals surface area contributed by atoms with E-state index in [9.17, 15) is 22.8 Å². The van der Waals surface area contributed by atoms with Gasteiger partial charge < -0.3 is 4.90 Å². The maximum Gasteiger partial charge on any atom is 0.416 e. The number of nitrogens with zero attached hydrogens (tertiary/aromatic N) is 1. The molecule has 0 aromatic heterocycles. The van der Waals surface area contributed by atoms with E-state index in [4.69, 9.17) is 0 Å². The van der Waals surface area contributed by atoms with E-state index >= 15 is 0 Å². The number of carbonyl (C=O) groups is 2. The van der Waals surface area contributed by atoms with Crippen LogP contribution in [0.15, 0.2) is 30.0 Å². The number of aryl methyl sites for hydroxylation is 1. The highest BCUT2D eigenvalue weighted by Crippen LogP contribution is 2.45. The average Bonchev–Trinajstić information content (AvgIpc) is 2.63. The molecule has 1 aliphatic heterocycles. The lowest BCUT2D eigenvalue weighted by atomic mass is 9.67. The van der Waals surface area contributed by atoms with Crippen molar-refractivity contribution in [3.05, 3.63) is 46.7 Å². The molecule has 0 radical (unpaired) electrons. The molecule has 0 aliphatic carbocycles. The van der Waals surface area contributed by atoms with E-state index in [1.807, 2.05) is 41.5 Å². The summed E-state index contributed by atoms with van der Waals surface area (Å²) in [5, 5.41) is 0. The van der Waals surface area contributed by atoms with Gasteiger partial charge >= 0.3 is 6.18 Å². The van der Waals surface area contributed by atoms with Crippen LogP contribution in [0.2, 0.25) is 0 Å². The van der Waals surface area contributed by atoms with Gasteiger partial charge in [-0.1, -0.05) is 53.7 Å². The monoisotopic (exact) mass is 451 g/mol. The van der Waals surface area contributed by atoms with Crippen LogP contribution in [0.25, 0.3) is 0 Å². The number of hydrogen-bond donors (Lipinski definition) is 0. The predicted molar refractivity (Wildman–Crippen MR) is 121 cm³/mol. The van der Waals surface area contributed by atoms with E-state index < -0.39 is 17.2 Å². The van der Waals surface area contributed by atoms with Crippen molar-refractivity contribution in [2.24, 2.45) is 11.3 Å². The summed E-state index contributed by atoms with van der Waals surface area (Å²) in [7, 11) is 0. The fourth-order valence-corrected chi connectivity index (χ4v) is 4.32. The maximum atomic E-state index is 14.0. The molecule has 0 saturated carbocycles. The molecule has 2 rings (SSSR count). The van der Waals surface area contributed by atoms with Gasteiger partial charge in [-0.25, -0.2) is 0 Å². The third kappa shape index (κ3) is 6.23. The van der Waals surface area contributed by atoms with Crippen LogP contribution < -0.4 is 0 Å². The van der Waals surface area contributed by atoms with Crippen LogP contribution in [0.3, 0.4) is 0 Å². The van der Waals surface area contributed by atoms with E-state index in [-0.39, 0.29) is 35.9 Å². The Morgan fingerprint density at radius 1 is 1.19 bits per heavy atom. The number of carbonyl (C=O) groups excluding carboxylic acids is 2. The van der Waals surface area contributed by atoms with E-state index in [1.165, 1.54) is 13.0 Å². The van der Waals surface area contributed by atoms with Crippen LogP contribution in [-0.2, 0) is 27.6 Å². The lowest BCUT2D eigenvalue weighted by molar-refractivity contribution is -0.138. The fraction of sp³-hybridized carbons (Fsp3) is 0.615. The second kappa shape index (κ2) is 9.40. The third-order valence-corrected chi connectivity index (χ3v) is 6.28. The number of benzene rings is 1. The number of halogens is 3. The number of hydrogen-bond acceptors (Lipinski definition) is 2. The summed E-state index contributed by atoms with van der Waals surface area (Å²) in [6.07, 6.45) is -1.39. The molecule has 1 atom stereocenters. The SMILES string of the molecule is CC(=O)CCN1C=C(C(C)C)[C@](C)(c2ccc(CCC(C)(C)C)c(C(F)(F)F)c2)CC1=O. The van der Waals surface area contributed by atoms with Crippen LogP contribution in [-0.4, -0.2) is 23.1 Å². The Hall–Kier alpha value is -2.11. The minimum atomic E-state index is -4.46. The highest BCUT2D eigenvalue weighted by Gasteiger charge is 2.42. The zero-order valence-corrected chi connectivity index (χ0v) is 20.3. The molecule has 178 valence electrons. The molecule has 1 amide bonds. The average molecular weight is 452 g/mol. The molecule has 1 aliphatic rings. The van der Waals surface area contributed by atoms with Crippen LogP contribution >= 0.6 is 0 Å². The lowest BCUT2D eigenvalue weighted by Gasteiger charge is -2.41. The number of alkyl halides is 3. The van der Waals surface area contributed by atoms with Crippen molar-refractivity contribution in [3.63, 3.8) is 0 Å². The zero-order valence-electron chi connectivity index (χ0n) is 20.3. The molecule has 3 nitrogen and oxygen atoms in total. The number of allylic oxidation sites excluding steroid dienone is 1. The first-order valence-electron chi connectivity index (χ1n) is 11.3. The summed E-state index contributed by atoms with van der Waals surface area (Å²) in [5.74, 6) is -0.155. The number of ketones is 1. The summed E-state index contributed by atoms with van der Waals surface area (Å²) >= 11 is 0. The Morgan fingerprint density at radius 3 is 2.31 bits per heavy atom. The van der Waals surface area contributed by atoms with Crippen LogP contribution in [0.1, 0.15) is 84.4 Å². The standard InChI is InChI=1S/C26H36F3NO2/c1-17(2)22-16-30(13-11-18(3)31)23(32)15-25(22,7)20-9-8-19(10-12-24(4,5)6)21(14-20)26(27,28)29/h8-9,14,16-17H,10-13,15H2,1-7H3/t25-/m0/s1. The van der Waals surface area contributed by atoms with Gasteiger partial charge in [-0.15, -0.1) is 0 Å². The topological polar surface area (TPSA) is 37.4 Å². The Bertz CT molecular complexity index is 893. The molecular weight excluding hydrogens is 415 g/mol. The van der Waals surface area contributed by atoms with Crippen molar-refractivity contribution in [1.82, 2.24) is 4.90 Å². The van der Waals surface area contributed by atoms with Crippen molar-refractivity contribution in [2.75, 3.05) is 6.54 Å². The Morgan fingerprint density at radius 2 is 1.81 bits per heavy atom. The van der Waals surface area contributed by atoms with Gasteiger partial charge in [-0.3, -0.25) is 9.59 Å². The van der Waals surface area contributed by atoms with Crippen molar-refractivity contribution in [3.8, 4) is 0 Å². The largest absolute Gasteiger partial charge is 0.416 e. The van der Waals surface area contributed by atoms with Crippen molar-refractivity contribution in [2.45, 2.75) is 85.7 Å². The molecular formula is C26H36F3NO2. The molecule has 1 aromatic carbocycles. The van der Waals surface area contributed by atoms with Crippen molar-refractivity contribution < 1.29 is 22.8 Å². The fourth-order valence-electron chi connectivity index (χ4n) is 4.32. The minimum absolute atomic E-state index is 0.00806. The first-order valence-corrected chi connectivity index (χ1v) is 11.3. The van der Waals surface area contributed by atoms with Gasteiger partial charge in [0.25, 0.3) is 0 Å². The van der Waals surface area contributed by atoms with E-state index in [0.717, 1.165) is 5.57 Å². The number of Topliss-reactive ketones (excluding diaryl/α,β-unsaturated/α-hetero) is 1. The van der Waals surface area contributed by atoms with Gasteiger partial charge in [0.05, 0.1) is 5.56 Å². The van der Waals surface area contributed by atoms with E-state index in [1.54, 1.807) is 23.2 Å². The predicted octanol–water partition coefficient (Wildman–Crippen LogP) is 6.69. The van der Waals surface area contributed by atoms with E-state index in [0.29, 0.717) is 30.5 Å². The van der Waals surface area contributed by atoms with Crippen LogP contribution in [0.5, 0.6) is 0 Å². The molecule has 0 unspecified atom stereocenters. The van der Waals surface area contributed by atoms with Gasteiger partial charge in [0.2, 0.25) is 5.91 Å². The Labute approximate surface area is 190 Å². The molecule has 0 fully saturated rings. The summed E-state index contributed by atoms with van der Waals surface area (Å²) in [6, 6.07) is 4.58. The molecule has 1 aromatic rings. The molecule has 0 N–H and O–H groups in total. The summed E-state index contributed by atoms with van der Waals surface area (Å²) in [5.41, 5.74) is 0.177. The van der Waals surface area contributed by atoms with E-state index in [2.05, 4.69) is 0 Å². The summed E-state index contributed by atoms with van der Waals surface area (Å²) < 4.78 is 42.0. The second-order valence-electron chi connectivity index (χ2n) is 10.7. The lowest BCUT2D eigenvalue weighted by Crippen LogP contribution is -2.42. The van der Waals surface area contributed by atoms with Gasteiger partial charge in [0, 0.05) is 31.0 Å². The first kappa shape index (κ1) is 26.1. The van der Waals surface area contributed by atoms with Crippen molar-refractivity contribution in [1.29, 1.82) is 0 Å². The summed E-state index contributed by atoms with van der Waals surface area (Å²) in [4.78, 5) is 25.8. The van der Waals surface area contributed by atoms with Crippen LogP contribution in [0, 0.1) is 11.3 Å². The van der Waals surface area contributed by atoms with Crippen LogP contribution in [0.4, 0.5) is 13.2 Å². The number of rotatable bonds is 7. The Kier molecular flexibility index (Phi) is 7.68. The minimum Gasteiger partial charge on any atom is -0.319 e. The second-order valence-corrected chi connectivity index (χ2v) is 10.7. The zero-order chi connectivity index (χ0) is 24.5. The Balaban J connectivity index is 2.52. The third-order valence-electron chi connectivity index (χ3n) is 6.28. The first-order chi connectivity index (χ1) is 14.5. The molecule has 0 spiro atoms. The normalized spacial score (nSPS) is 20.0. The maximum absolute atomic E-state index is 14.0. The highest BCUT2D eigenvalue weighted by molar-refractivity contribution is 5.83. The molecule has 6 heteroatoms.